The minimum atomic E-state index is -0.890. The smallest absolute Gasteiger partial charge is 0.243 e. The summed E-state index contributed by atoms with van der Waals surface area (Å²) < 4.78 is 19.8. The molecular formula is C31H41FN4O4. The van der Waals surface area contributed by atoms with Crippen LogP contribution in [-0.4, -0.2) is 66.5 Å². The quantitative estimate of drug-likeness (QED) is 0.544. The number of benzene rings is 2. The van der Waals surface area contributed by atoms with Gasteiger partial charge in [-0.1, -0.05) is 30.3 Å². The van der Waals surface area contributed by atoms with Crippen LogP contribution in [0.2, 0.25) is 0 Å². The molecule has 4 rings (SSSR count). The largest absolute Gasteiger partial charge is 0.489 e. The van der Waals surface area contributed by atoms with Crippen molar-refractivity contribution in [3.8, 4) is 5.75 Å². The lowest BCUT2D eigenvalue weighted by Gasteiger charge is -2.31. The standard InChI is InChI=1S/C31H41FN4O4/c1-19-9-12-23-7-5-6-8-27(23)40-20(2)18-33-28(24-13-14-24)31(39)36(4)21(3)29(37)35-26(30(38)34-19)17-22-10-15-25(32)16-11-22/h5-8,10-11,15-16,19-21,24,26,28,33H,9,12-14,17-18H2,1-4H3,(H,34,38)(H,35,37)/t19-,20+,21+,26+,28-/m0/s1. The van der Waals surface area contributed by atoms with Crippen molar-refractivity contribution in [2.45, 2.75) is 83.1 Å². The van der Waals surface area contributed by atoms with E-state index < -0.39 is 24.0 Å². The Morgan fingerprint density at radius 1 is 0.925 bits per heavy atom. The number of ether oxygens (including phenoxy) is 1. The zero-order valence-electron chi connectivity index (χ0n) is 23.8. The Labute approximate surface area is 236 Å². The summed E-state index contributed by atoms with van der Waals surface area (Å²) in [6.07, 6.45) is 3.28. The van der Waals surface area contributed by atoms with E-state index in [2.05, 4.69) is 16.0 Å². The van der Waals surface area contributed by atoms with Crippen molar-refractivity contribution in [2.24, 2.45) is 5.92 Å². The molecule has 1 fully saturated rings. The van der Waals surface area contributed by atoms with Gasteiger partial charge in [-0.2, -0.15) is 0 Å². The molecular weight excluding hydrogens is 511 g/mol. The second-order valence-corrected chi connectivity index (χ2v) is 11.2. The number of nitrogens with zero attached hydrogens (tertiary/aromatic N) is 1. The highest BCUT2D eigenvalue weighted by Gasteiger charge is 2.39. The fourth-order valence-electron chi connectivity index (χ4n) is 4.99. The van der Waals surface area contributed by atoms with E-state index in [1.807, 2.05) is 38.1 Å². The van der Waals surface area contributed by atoms with E-state index in [0.717, 1.165) is 24.2 Å². The van der Waals surface area contributed by atoms with E-state index in [1.54, 1.807) is 26.1 Å². The molecule has 0 spiro atoms. The molecule has 1 saturated carbocycles. The fourth-order valence-corrected chi connectivity index (χ4v) is 4.99. The minimum absolute atomic E-state index is 0.160. The van der Waals surface area contributed by atoms with Crippen molar-refractivity contribution < 1.29 is 23.5 Å². The van der Waals surface area contributed by atoms with Gasteiger partial charge < -0.3 is 25.6 Å². The molecule has 0 unspecified atom stereocenters. The van der Waals surface area contributed by atoms with Gasteiger partial charge in [-0.05, 0) is 81.7 Å². The van der Waals surface area contributed by atoms with Crippen LogP contribution < -0.4 is 20.7 Å². The summed E-state index contributed by atoms with van der Waals surface area (Å²) in [5.41, 5.74) is 1.75. The molecule has 3 amide bonds. The summed E-state index contributed by atoms with van der Waals surface area (Å²) in [5.74, 6) is -0.282. The number of nitrogens with one attached hydrogen (secondary N) is 3. The second-order valence-electron chi connectivity index (χ2n) is 11.2. The van der Waals surface area contributed by atoms with Crippen LogP contribution in [0.3, 0.4) is 0 Å². The number of aryl methyl sites for hydroxylation is 1. The van der Waals surface area contributed by atoms with E-state index in [1.165, 1.54) is 17.0 Å². The number of amides is 3. The van der Waals surface area contributed by atoms with E-state index in [-0.39, 0.29) is 42.1 Å². The molecule has 0 aromatic heterocycles. The maximum atomic E-state index is 13.5. The van der Waals surface area contributed by atoms with E-state index in [0.29, 0.717) is 24.9 Å². The summed E-state index contributed by atoms with van der Waals surface area (Å²) in [6, 6.07) is 11.5. The van der Waals surface area contributed by atoms with Crippen LogP contribution in [0, 0.1) is 11.7 Å². The predicted octanol–water partition coefficient (Wildman–Crippen LogP) is 2.99. The Bertz CT molecular complexity index is 1190. The van der Waals surface area contributed by atoms with Gasteiger partial charge in [0.15, 0.2) is 0 Å². The molecule has 1 aliphatic heterocycles. The molecule has 1 heterocycles. The van der Waals surface area contributed by atoms with Crippen molar-refractivity contribution in [1.29, 1.82) is 0 Å². The Morgan fingerprint density at radius 3 is 2.33 bits per heavy atom. The molecule has 2 aliphatic rings. The number of carbonyl (C=O) groups is 3. The highest BCUT2D eigenvalue weighted by Crippen LogP contribution is 2.33. The number of halogens is 1. The topological polar surface area (TPSA) is 99.8 Å². The van der Waals surface area contributed by atoms with Crippen molar-refractivity contribution in [3.63, 3.8) is 0 Å². The van der Waals surface area contributed by atoms with Gasteiger partial charge in [0.2, 0.25) is 17.7 Å². The lowest BCUT2D eigenvalue weighted by molar-refractivity contribution is -0.141. The summed E-state index contributed by atoms with van der Waals surface area (Å²) in [5, 5.41) is 9.29. The Kier molecular flexibility index (Phi) is 9.79. The number of hydrogen-bond acceptors (Lipinski definition) is 5. The monoisotopic (exact) mass is 552 g/mol. The molecule has 0 radical (unpaired) electrons. The maximum Gasteiger partial charge on any atom is 0.243 e. The molecule has 2 aromatic carbocycles. The molecule has 40 heavy (non-hydrogen) atoms. The summed E-state index contributed by atoms with van der Waals surface area (Å²) in [7, 11) is 1.62. The van der Waals surface area contributed by atoms with Gasteiger partial charge >= 0.3 is 0 Å². The second kappa shape index (κ2) is 13.3. The first kappa shape index (κ1) is 29.5. The summed E-state index contributed by atoms with van der Waals surface area (Å²) >= 11 is 0. The number of likely N-dealkylation sites (N-methyl/N-ethyl adjacent to an activating group) is 1. The zero-order chi connectivity index (χ0) is 28.8. The Balaban J connectivity index is 1.59. The molecule has 2 aromatic rings. The van der Waals surface area contributed by atoms with Crippen LogP contribution in [0.25, 0.3) is 0 Å². The number of fused-ring (bicyclic) bond motifs is 1. The van der Waals surface area contributed by atoms with Gasteiger partial charge in [0.1, 0.15) is 29.8 Å². The molecule has 9 heteroatoms. The third kappa shape index (κ3) is 7.81. The highest BCUT2D eigenvalue weighted by atomic mass is 19.1. The molecule has 5 atom stereocenters. The maximum absolute atomic E-state index is 13.5. The van der Waals surface area contributed by atoms with Crippen molar-refractivity contribution >= 4 is 17.7 Å². The van der Waals surface area contributed by atoms with E-state index in [4.69, 9.17) is 4.74 Å². The van der Waals surface area contributed by atoms with E-state index >= 15 is 0 Å². The predicted molar refractivity (Wildman–Crippen MR) is 151 cm³/mol. The minimum Gasteiger partial charge on any atom is -0.489 e. The molecule has 0 saturated heterocycles. The van der Waals surface area contributed by atoms with Gasteiger partial charge in [-0.15, -0.1) is 0 Å². The van der Waals surface area contributed by atoms with Crippen LogP contribution in [0.15, 0.2) is 48.5 Å². The van der Waals surface area contributed by atoms with Crippen LogP contribution in [-0.2, 0) is 27.2 Å². The van der Waals surface area contributed by atoms with Crippen LogP contribution in [0.5, 0.6) is 5.75 Å². The molecule has 0 bridgehead atoms. The summed E-state index contributed by atoms with van der Waals surface area (Å²) in [6.45, 7) is 6.05. The normalized spacial score (nSPS) is 27.5. The van der Waals surface area contributed by atoms with Crippen LogP contribution in [0.1, 0.15) is 51.2 Å². The zero-order valence-corrected chi connectivity index (χ0v) is 23.8. The third-order valence-corrected chi connectivity index (χ3v) is 7.81. The average molecular weight is 553 g/mol. The SMILES string of the molecule is C[C@@H]1CN[C@@H](C2CC2)C(=O)N(C)[C@H](C)C(=O)N[C@H](Cc2ccc(F)cc2)C(=O)N[C@@H](C)CCc2ccccc2O1. The third-order valence-electron chi connectivity index (χ3n) is 7.81. The Morgan fingerprint density at radius 2 is 1.62 bits per heavy atom. The van der Waals surface area contributed by atoms with Gasteiger partial charge in [0.25, 0.3) is 0 Å². The lowest BCUT2D eigenvalue weighted by Crippen LogP contribution is -2.57. The molecule has 1 aliphatic carbocycles. The molecule has 216 valence electrons. The Hall–Kier alpha value is -3.46. The number of para-hydroxylation sites is 1. The average Bonchev–Trinajstić information content (AvgIpc) is 3.77. The van der Waals surface area contributed by atoms with Gasteiger partial charge in [0, 0.05) is 26.1 Å². The first-order valence-electron chi connectivity index (χ1n) is 14.2. The van der Waals surface area contributed by atoms with Crippen molar-refractivity contribution in [3.05, 3.63) is 65.5 Å². The fraction of sp³-hybridized carbons (Fsp3) is 0.516. The molecule has 3 N–H and O–H groups in total. The van der Waals surface area contributed by atoms with Crippen molar-refractivity contribution in [2.75, 3.05) is 13.6 Å². The number of rotatable bonds is 3. The van der Waals surface area contributed by atoms with E-state index in [9.17, 15) is 18.8 Å². The number of hydrogen-bond donors (Lipinski definition) is 3. The summed E-state index contributed by atoms with van der Waals surface area (Å²) in [4.78, 5) is 41.7. The molecule has 8 nitrogen and oxygen atoms in total. The van der Waals surface area contributed by atoms with Crippen LogP contribution >= 0.6 is 0 Å². The van der Waals surface area contributed by atoms with Gasteiger partial charge in [0.05, 0.1) is 6.04 Å². The van der Waals surface area contributed by atoms with Crippen molar-refractivity contribution in [1.82, 2.24) is 20.9 Å². The van der Waals surface area contributed by atoms with Gasteiger partial charge in [-0.25, -0.2) is 4.39 Å². The first-order valence-corrected chi connectivity index (χ1v) is 14.2. The number of carbonyl (C=O) groups excluding carboxylic acids is 3. The lowest BCUT2D eigenvalue weighted by atomic mass is 10.0. The van der Waals surface area contributed by atoms with Crippen LogP contribution in [0.4, 0.5) is 4.39 Å². The highest BCUT2D eigenvalue weighted by molar-refractivity contribution is 5.93. The van der Waals surface area contributed by atoms with Gasteiger partial charge in [-0.3, -0.25) is 14.4 Å². The first-order chi connectivity index (χ1) is 19.1.